The van der Waals surface area contributed by atoms with E-state index in [1.54, 1.807) is 29.1 Å². The van der Waals surface area contributed by atoms with Gasteiger partial charge in [-0.15, -0.1) is 0 Å². The Balaban J connectivity index is 1.55. The van der Waals surface area contributed by atoms with E-state index in [1.807, 2.05) is 42.8 Å². The van der Waals surface area contributed by atoms with Crippen LogP contribution in [0.1, 0.15) is 21.9 Å². The second-order valence-corrected chi connectivity index (χ2v) is 7.34. The van der Waals surface area contributed by atoms with E-state index < -0.39 is 0 Å². The zero-order chi connectivity index (χ0) is 19.8. The molecule has 0 aliphatic carbocycles. The first-order valence-corrected chi connectivity index (χ1v) is 9.56. The monoisotopic (exact) mass is 440 g/mol. The van der Waals surface area contributed by atoms with Gasteiger partial charge in [-0.2, -0.15) is 0 Å². The van der Waals surface area contributed by atoms with Gasteiger partial charge >= 0.3 is 0 Å². The fraction of sp³-hybridized carbons (Fsp3) is 0.143. The first-order valence-electron chi connectivity index (χ1n) is 8.77. The van der Waals surface area contributed by atoms with Gasteiger partial charge in [0.25, 0.3) is 5.91 Å². The highest BCUT2D eigenvalue weighted by Gasteiger charge is 2.19. The molecule has 28 heavy (non-hydrogen) atoms. The lowest BCUT2D eigenvalue weighted by atomic mass is 10.2. The van der Waals surface area contributed by atoms with Crippen molar-refractivity contribution < 1.29 is 9.18 Å². The number of imidazole rings is 1. The molecule has 142 valence electrons. The number of amides is 1. The molecule has 1 amide bonds. The zero-order valence-corrected chi connectivity index (χ0v) is 17.0. The van der Waals surface area contributed by atoms with Crippen molar-refractivity contribution in [3.8, 4) is 5.69 Å². The first-order chi connectivity index (χ1) is 13.5. The predicted molar refractivity (Wildman–Crippen MR) is 110 cm³/mol. The minimum Gasteiger partial charge on any atom is -0.347 e. The third-order valence-corrected chi connectivity index (χ3v) is 5.61. The lowest BCUT2D eigenvalue weighted by Gasteiger charge is -2.10. The van der Waals surface area contributed by atoms with E-state index in [4.69, 9.17) is 0 Å². The number of benzene rings is 2. The van der Waals surface area contributed by atoms with Crippen LogP contribution in [0.25, 0.3) is 16.6 Å². The van der Waals surface area contributed by atoms with Crippen molar-refractivity contribution in [2.45, 2.75) is 13.5 Å². The Morgan fingerprint density at radius 3 is 2.71 bits per heavy atom. The third-order valence-electron chi connectivity index (χ3n) is 4.81. The number of nitrogens with zero attached hydrogens (tertiary/aromatic N) is 3. The van der Waals surface area contributed by atoms with Crippen molar-refractivity contribution in [2.75, 3.05) is 0 Å². The SMILES string of the molecule is Cc1nccn1-c1ccc(CNC(=O)c2c(Br)c3ccccc3n2C)cc1F. The lowest BCUT2D eigenvalue weighted by molar-refractivity contribution is 0.0942. The van der Waals surface area contributed by atoms with Crippen molar-refractivity contribution in [1.29, 1.82) is 0 Å². The standard InChI is InChI=1S/C21H18BrFN4O/c1-13-24-9-10-27(13)18-8-7-14(11-16(18)23)12-25-21(28)20-19(22)15-5-3-4-6-17(15)26(20)2/h3-11H,12H2,1-2H3,(H,25,28). The summed E-state index contributed by atoms with van der Waals surface area (Å²) in [5, 5.41) is 3.85. The summed E-state index contributed by atoms with van der Waals surface area (Å²) in [7, 11) is 1.85. The lowest BCUT2D eigenvalue weighted by Crippen LogP contribution is -2.25. The topological polar surface area (TPSA) is 51.9 Å². The second-order valence-electron chi connectivity index (χ2n) is 6.55. The minimum atomic E-state index is -0.362. The van der Waals surface area contributed by atoms with Crippen molar-refractivity contribution >= 4 is 32.7 Å². The summed E-state index contributed by atoms with van der Waals surface area (Å²) in [6.45, 7) is 2.04. The Labute approximate surface area is 169 Å². The van der Waals surface area contributed by atoms with Gasteiger partial charge in [0.15, 0.2) is 0 Å². The number of hydrogen-bond donors (Lipinski definition) is 1. The number of carbonyl (C=O) groups excluding carboxylic acids is 1. The summed E-state index contributed by atoms with van der Waals surface area (Å²) in [6.07, 6.45) is 3.34. The highest BCUT2D eigenvalue weighted by atomic mass is 79.9. The Morgan fingerprint density at radius 2 is 2.04 bits per heavy atom. The second kappa shape index (κ2) is 7.24. The number of nitrogens with one attached hydrogen (secondary N) is 1. The molecule has 2 aromatic heterocycles. The first kappa shape index (κ1) is 18.4. The van der Waals surface area contributed by atoms with Crippen LogP contribution in [0, 0.1) is 12.7 Å². The van der Waals surface area contributed by atoms with E-state index in [1.165, 1.54) is 6.07 Å². The van der Waals surface area contributed by atoms with Crippen LogP contribution >= 0.6 is 15.9 Å². The smallest absolute Gasteiger partial charge is 0.269 e. The Bertz CT molecular complexity index is 1160. The van der Waals surface area contributed by atoms with Crippen LogP contribution in [-0.2, 0) is 13.6 Å². The molecule has 0 bridgehead atoms. The number of halogens is 2. The largest absolute Gasteiger partial charge is 0.347 e. The van der Waals surface area contributed by atoms with Gasteiger partial charge in [0, 0.05) is 36.9 Å². The van der Waals surface area contributed by atoms with Gasteiger partial charge in [-0.05, 0) is 46.6 Å². The zero-order valence-electron chi connectivity index (χ0n) is 15.4. The number of fused-ring (bicyclic) bond motifs is 1. The maximum atomic E-state index is 14.5. The highest BCUT2D eigenvalue weighted by molar-refractivity contribution is 9.10. The van der Waals surface area contributed by atoms with Crippen LogP contribution < -0.4 is 5.32 Å². The van der Waals surface area contributed by atoms with E-state index in [0.717, 1.165) is 15.4 Å². The van der Waals surface area contributed by atoms with E-state index in [-0.39, 0.29) is 18.3 Å². The highest BCUT2D eigenvalue weighted by Crippen LogP contribution is 2.30. The molecule has 0 fully saturated rings. The van der Waals surface area contributed by atoms with Gasteiger partial charge < -0.3 is 14.5 Å². The molecular weight excluding hydrogens is 423 g/mol. The summed E-state index contributed by atoms with van der Waals surface area (Å²) < 4.78 is 18.8. The summed E-state index contributed by atoms with van der Waals surface area (Å²) in [5.41, 5.74) is 2.61. The Morgan fingerprint density at radius 1 is 1.25 bits per heavy atom. The molecule has 7 heteroatoms. The van der Waals surface area contributed by atoms with Crippen LogP contribution in [0.3, 0.4) is 0 Å². The van der Waals surface area contributed by atoms with Gasteiger partial charge in [0.05, 0.1) is 10.2 Å². The van der Waals surface area contributed by atoms with Crippen LogP contribution in [0.2, 0.25) is 0 Å². The molecule has 2 heterocycles. The van der Waals surface area contributed by atoms with E-state index >= 15 is 0 Å². The number of aromatic nitrogens is 3. The van der Waals surface area contributed by atoms with Gasteiger partial charge in [0.1, 0.15) is 17.3 Å². The maximum absolute atomic E-state index is 14.5. The van der Waals surface area contributed by atoms with Crippen molar-refractivity contribution in [2.24, 2.45) is 7.05 Å². The number of rotatable bonds is 4. The minimum absolute atomic E-state index is 0.222. The van der Waals surface area contributed by atoms with E-state index in [2.05, 4.69) is 26.2 Å². The van der Waals surface area contributed by atoms with Gasteiger partial charge in [-0.1, -0.05) is 24.3 Å². The fourth-order valence-corrected chi connectivity index (χ4v) is 4.13. The molecule has 4 aromatic rings. The van der Waals surface area contributed by atoms with Crippen LogP contribution in [0.4, 0.5) is 4.39 Å². The molecule has 0 saturated heterocycles. The number of aryl methyl sites for hydroxylation is 2. The Hall–Kier alpha value is -2.93. The van der Waals surface area contributed by atoms with Crippen molar-refractivity contribution in [3.63, 3.8) is 0 Å². The summed E-state index contributed by atoms with van der Waals surface area (Å²) in [4.78, 5) is 16.9. The molecule has 0 aliphatic heterocycles. The molecule has 2 aromatic carbocycles. The van der Waals surface area contributed by atoms with E-state index in [0.29, 0.717) is 22.8 Å². The van der Waals surface area contributed by atoms with Crippen molar-refractivity contribution in [3.05, 3.63) is 82.2 Å². The molecule has 0 unspecified atom stereocenters. The molecule has 0 radical (unpaired) electrons. The number of para-hydroxylation sites is 1. The fourth-order valence-electron chi connectivity index (χ4n) is 3.35. The van der Waals surface area contributed by atoms with Gasteiger partial charge in [0.2, 0.25) is 0 Å². The summed E-state index contributed by atoms with van der Waals surface area (Å²) in [5.74, 6) is 0.125. The molecule has 4 rings (SSSR count). The quantitative estimate of drug-likeness (QED) is 0.507. The summed E-state index contributed by atoms with van der Waals surface area (Å²) in [6, 6.07) is 12.7. The van der Waals surface area contributed by atoms with Crippen LogP contribution in [0.15, 0.2) is 59.3 Å². The average molecular weight is 441 g/mol. The molecule has 0 aliphatic rings. The van der Waals surface area contributed by atoms with Crippen molar-refractivity contribution in [1.82, 2.24) is 19.4 Å². The Kier molecular flexibility index (Phi) is 4.77. The molecule has 1 N–H and O–H groups in total. The maximum Gasteiger partial charge on any atom is 0.269 e. The third kappa shape index (κ3) is 3.11. The predicted octanol–water partition coefficient (Wildman–Crippen LogP) is 4.50. The van der Waals surface area contributed by atoms with Gasteiger partial charge in [-0.3, -0.25) is 4.79 Å². The average Bonchev–Trinajstić information content (AvgIpc) is 3.22. The van der Waals surface area contributed by atoms with Crippen LogP contribution in [-0.4, -0.2) is 20.0 Å². The number of carbonyl (C=O) groups is 1. The molecule has 0 saturated carbocycles. The molecule has 0 spiro atoms. The molecule has 5 nitrogen and oxygen atoms in total. The summed E-state index contributed by atoms with van der Waals surface area (Å²) >= 11 is 3.53. The number of hydrogen-bond acceptors (Lipinski definition) is 2. The van der Waals surface area contributed by atoms with E-state index in [9.17, 15) is 9.18 Å². The molecular formula is C21H18BrFN4O. The normalized spacial score (nSPS) is 11.1. The van der Waals surface area contributed by atoms with Gasteiger partial charge in [-0.25, -0.2) is 9.37 Å². The van der Waals surface area contributed by atoms with Crippen LogP contribution in [0.5, 0.6) is 0 Å². The molecule has 0 atom stereocenters.